The van der Waals surface area contributed by atoms with E-state index in [1.807, 2.05) is 0 Å². The summed E-state index contributed by atoms with van der Waals surface area (Å²) in [6, 6.07) is -0.925. The van der Waals surface area contributed by atoms with Crippen LogP contribution in [-0.4, -0.2) is 53.7 Å². The third-order valence-corrected chi connectivity index (χ3v) is 3.33. The lowest BCUT2D eigenvalue weighted by Crippen LogP contribution is -2.49. The maximum Gasteiger partial charge on any atom is 0.326 e. The van der Waals surface area contributed by atoms with Gasteiger partial charge in [0.05, 0.1) is 0 Å². The molecule has 6 heteroatoms. The summed E-state index contributed by atoms with van der Waals surface area (Å²) in [5.74, 6) is -1.000. The topological polar surface area (TPSA) is 81.7 Å². The molecule has 0 aromatic carbocycles. The van der Waals surface area contributed by atoms with Crippen LogP contribution in [0.4, 0.5) is 4.79 Å². The summed E-state index contributed by atoms with van der Waals surface area (Å²) in [4.78, 5) is 24.6. The molecule has 18 heavy (non-hydrogen) atoms. The monoisotopic (exact) mass is 257 g/mol. The van der Waals surface area contributed by atoms with E-state index in [4.69, 9.17) is 5.11 Å². The first-order chi connectivity index (χ1) is 8.54. The number of aliphatic carboxylic acids is 1. The fourth-order valence-corrected chi connectivity index (χ4v) is 2.10. The molecular formula is C12H23N3O3. The number of hydrogen-bond acceptors (Lipinski definition) is 3. The third kappa shape index (κ3) is 4.52. The van der Waals surface area contributed by atoms with Crippen LogP contribution in [0.15, 0.2) is 0 Å². The minimum absolute atomic E-state index is 0.295. The number of carbonyl (C=O) groups is 2. The third-order valence-electron chi connectivity index (χ3n) is 3.33. The molecule has 2 atom stereocenters. The highest BCUT2D eigenvalue weighted by molar-refractivity contribution is 5.82. The van der Waals surface area contributed by atoms with E-state index in [1.54, 1.807) is 6.92 Å². The lowest BCUT2D eigenvalue weighted by molar-refractivity contribution is -0.139. The van der Waals surface area contributed by atoms with Gasteiger partial charge in [-0.15, -0.1) is 0 Å². The predicted octanol–water partition coefficient (Wildman–Crippen LogP) is 0.633. The molecule has 0 bridgehead atoms. The molecule has 0 spiro atoms. The Balaban J connectivity index is 2.25. The van der Waals surface area contributed by atoms with Crippen molar-refractivity contribution in [3.63, 3.8) is 0 Å². The van der Waals surface area contributed by atoms with E-state index in [1.165, 1.54) is 12.8 Å². The number of carbonyl (C=O) groups excluding carboxylic acids is 1. The minimum Gasteiger partial charge on any atom is -0.480 e. The highest BCUT2D eigenvalue weighted by Gasteiger charge is 2.20. The average Bonchev–Trinajstić information content (AvgIpc) is 2.86. The van der Waals surface area contributed by atoms with Crippen LogP contribution in [-0.2, 0) is 4.79 Å². The summed E-state index contributed by atoms with van der Waals surface area (Å²) in [5.41, 5.74) is 0. The van der Waals surface area contributed by atoms with E-state index in [-0.39, 0.29) is 0 Å². The molecule has 0 aliphatic carbocycles. The Morgan fingerprint density at radius 2 is 1.94 bits per heavy atom. The molecule has 1 saturated heterocycles. The second-order valence-corrected chi connectivity index (χ2v) is 4.75. The van der Waals surface area contributed by atoms with Gasteiger partial charge in [-0.2, -0.15) is 0 Å². The molecule has 1 rings (SSSR count). The second kappa shape index (κ2) is 7.20. The lowest BCUT2D eigenvalue weighted by atomic mass is 10.2. The van der Waals surface area contributed by atoms with Crippen molar-refractivity contribution < 1.29 is 14.7 Å². The number of amides is 2. The van der Waals surface area contributed by atoms with Crippen LogP contribution >= 0.6 is 0 Å². The summed E-state index contributed by atoms with van der Waals surface area (Å²) >= 11 is 0. The number of nitrogens with zero attached hydrogens (tertiary/aromatic N) is 1. The molecule has 104 valence electrons. The summed E-state index contributed by atoms with van der Waals surface area (Å²) in [7, 11) is 0. The first kappa shape index (κ1) is 14.8. The summed E-state index contributed by atoms with van der Waals surface area (Å²) in [6.07, 6.45) is 2.81. The molecule has 0 radical (unpaired) electrons. The molecule has 3 N–H and O–H groups in total. The van der Waals surface area contributed by atoms with E-state index in [0.717, 1.165) is 13.1 Å². The van der Waals surface area contributed by atoms with Gasteiger partial charge in [-0.25, -0.2) is 9.59 Å². The van der Waals surface area contributed by atoms with Gasteiger partial charge in [0.25, 0.3) is 0 Å². The Morgan fingerprint density at radius 1 is 1.33 bits per heavy atom. The maximum atomic E-state index is 11.5. The Bertz CT molecular complexity index is 290. The fourth-order valence-electron chi connectivity index (χ4n) is 2.10. The molecule has 1 unspecified atom stereocenters. The highest BCUT2D eigenvalue weighted by Crippen LogP contribution is 2.10. The van der Waals surface area contributed by atoms with E-state index >= 15 is 0 Å². The van der Waals surface area contributed by atoms with Crippen molar-refractivity contribution in [3.8, 4) is 0 Å². The molecule has 1 aliphatic heterocycles. The first-order valence-corrected chi connectivity index (χ1v) is 6.55. The number of nitrogens with one attached hydrogen (secondary N) is 2. The van der Waals surface area contributed by atoms with Crippen LogP contribution < -0.4 is 10.6 Å². The van der Waals surface area contributed by atoms with Gasteiger partial charge in [-0.3, -0.25) is 4.90 Å². The van der Waals surface area contributed by atoms with Crippen LogP contribution in [0.3, 0.4) is 0 Å². The van der Waals surface area contributed by atoms with Crippen LogP contribution in [0.2, 0.25) is 0 Å². The molecule has 0 aromatic heterocycles. The second-order valence-electron chi connectivity index (χ2n) is 4.75. The van der Waals surface area contributed by atoms with Crippen molar-refractivity contribution in [2.45, 2.75) is 45.2 Å². The first-order valence-electron chi connectivity index (χ1n) is 6.55. The van der Waals surface area contributed by atoms with Gasteiger partial charge in [0.15, 0.2) is 0 Å². The molecule has 0 aromatic rings. The molecule has 2 amide bonds. The Kier molecular flexibility index (Phi) is 5.91. The minimum atomic E-state index is -1.000. The average molecular weight is 257 g/mol. The van der Waals surface area contributed by atoms with E-state index in [2.05, 4.69) is 22.5 Å². The predicted molar refractivity (Wildman–Crippen MR) is 68.5 cm³/mol. The number of rotatable bonds is 6. The SMILES string of the molecule is CC[C@@H](NC(=O)NCC(C)N1CCCC1)C(=O)O. The largest absolute Gasteiger partial charge is 0.480 e. The van der Waals surface area contributed by atoms with Crippen molar-refractivity contribution in [3.05, 3.63) is 0 Å². The Labute approximate surface area is 108 Å². The number of likely N-dealkylation sites (tertiary alicyclic amines) is 1. The van der Waals surface area contributed by atoms with Crippen LogP contribution in [0.25, 0.3) is 0 Å². The summed E-state index contributed by atoms with van der Waals surface area (Å²) < 4.78 is 0. The van der Waals surface area contributed by atoms with Gasteiger partial charge in [0.1, 0.15) is 6.04 Å². The Hall–Kier alpha value is -1.30. The zero-order chi connectivity index (χ0) is 13.5. The van der Waals surface area contributed by atoms with Crippen molar-refractivity contribution in [1.29, 1.82) is 0 Å². The van der Waals surface area contributed by atoms with Crippen molar-refractivity contribution in [2.75, 3.05) is 19.6 Å². The summed E-state index contributed by atoms with van der Waals surface area (Å²) in [6.45, 7) is 6.50. The number of urea groups is 1. The van der Waals surface area contributed by atoms with Gasteiger partial charge in [0, 0.05) is 12.6 Å². The standard InChI is InChI=1S/C12H23N3O3/c1-3-10(11(16)17)14-12(18)13-8-9(2)15-6-4-5-7-15/h9-10H,3-8H2,1-2H3,(H,16,17)(H2,13,14,18)/t9?,10-/m1/s1. The van der Waals surface area contributed by atoms with E-state index < -0.39 is 18.0 Å². The van der Waals surface area contributed by atoms with Gasteiger partial charge in [0.2, 0.25) is 0 Å². The fraction of sp³-hybridized carbons (Fsp3) is 0.833. The quantitative estimate of drug-likeness (QED) is 0.652. The molecule has 6 nitrogen and oxygen atoms in total. The van der Waals surface area contributed by atoms with Gasteiger partial charge in [-0.1, -0.05) is 6.92 Å². The van der Waals surface area contributed by atoms with Crippen LogP contribution in [0, 0.1) is 0 Å². The lowest BCUT2D eigenvalue weighted by Gasteiger charge is -2.24. The van der Waals surface area contributed by atoms with Crippen molar-refractivity contribution in [2.24, 2.45) is 0 Å². The number of hydrogen-bond donors (Lipinski definition) is 3. The molecule has 1 fully saturated rings. The zero-order valence-electron chi connectivity index (χ0n) is 11.1. The van der Waals surface area contributed by atoms with Crippen molar-refractivity contribution in [1.82, 2.24) is 15.5 Å². The smallest absolute Gasteiger partial charge is 0.326 e. The van der Waals surface area contributed by atoms with Gasteiger partial charge >= 0.3 is 12.0 Å². The highest BCUT2D eigenvalue weighted by atomic mass is 16.4. The molecule has 0 saturated carbocycles. The van der Waals surface area contributed by atoms with Crippen molar-refractivity contribution >= 4 is 12.0 Å². The number of carboxylic acid groups (broad SMARTS) is 1. The molecule has 1 aliphatic rings. The normalized spacial score (nSPS) is 19.2. The summed E-state index contributed by atoms with van der Waals surface area (Å²) in [5, 5.41) is 14.0. The Morgan fingerprint density at radius 3 is 2.44 bits per heavy atom. The maximum absolute atomic E-state index is 11.5. The van der Waals surface area contributed by atoms with Crippen LogP contribution in [0.5, 0.6) is 0 Å². The van der Waals surface area contributed by atoms with Gasteiger partial charge in [-0.05, 0) is 39.3 Å². The molecule has 1 heterocycles. The van der Waals surface area contributed by atoms with Crippen LogP contribution in [0.1, 0.15) is 33.1 Å². The number of carboxylic acids is 1. The van der Waals surface area contributed by atoms with E-state index in [0.29, 0.717) is 19.0 Å². The molecular weight excluding hydrogens is 234 g/mol. The zero-order valence-corrected chi connectivity index (χ0v) is 11.1. The van der Waals surface area contributed by atoms with E-state index in [9.17, 15) is 9.59 Å². The van der Waals surface area contributed by atoms with Gasteiger partial charge < -0.3 is 15.7 Å².